The first-order valence-electron chi connectivity index (χ1n) is 8.94. The Bertz CT molecular complexity index is 413. The molecular formula is C18H30F3NO. The molecule has 23 heavy (non-hydrogen) atoms. The molecule has 1 heterocycles. The van der Waals surface area contributed by atoms with E-state index in [1.807, 2.05) is 4.90 Å². The molecule has 1 aliphatic heterocycles. The summed E-state index contributed by atoms with van der Waals surface area (Å²) < 4.78 is 38.8. The van der Waals surface area contributed by atoms with Crippen molar-refractivity contribution in [1.82, 2.24) is 4.90 Å². The number of alkyl halides is 3. The van der Waals surface area contributed by atoms with Crippen LogP contribution < -0.4 is 0 Å². The first kappa shape index (κ1) is 18.6. The highest BCUT2D eigenvalue weighted by Gasteiger charge is 2.44. The number of hydrogen-bond donors (Lipinski definition) is 0. The lowest BCUT2D eigenvalue weighted by Crippen LogP contribution is -2.41. The van der Waals surface area contributed by atoms with Crippen molar-refractivity contribution in [3.8, 4) is 0 Å². The number of rotatable bonds is 1. The van der Waals surface area contributed by atoms with E-state index in [0.717, 1.165) is 19.3 Å². The predicted octanol–water partition coefficient (Wildman–Crippen LogP) is 5.03. The molecule has 0 N–H and O–H groups in total. The van der Waals surface area contributed by atoms with Gasteiger partial charge in [0.15, 0.2) is 0 Å². The van der Waals surface area contributed by atoms with Crippen LogP contribution in [-0.2, 0) is 4.79 Å². The second-order valence-corrected chi connectivity index (χ2v) is 8.42. The van der Waals surface area contributed by atoms with Gasteiger partial charge in [-0.1, -0.05) is 27.2 Å². The summed E-state index contributed by atoms with van der Waals surface area (Å²) in [6.07, 6.45) is 0.163. The van der Waals surface area contributed by atoms with Gasteiger partial charge in [-0.25, -0.2) is 0 Å². The molecule has 0 aromatic heterocycles. The molecule has 1 saturated carbocycles. The zero-order valence-corrected chi connectivity index (χ0v) is 14.6. The molecule has 2 nitrogen and oxygen atoms in total. The zero-order valence-electron chi connectivity index (χ0n) is 14.6. The molecule has 5 heteroatoms. The smallest absolute Gasteiger partial charge is 0.342 e. The number of carbonyl (C=O) groups excluding carboxylic acids is 1. The summed E-state index contributed by atoms with van der Waals surface area (Å²) in [5.74, 6) is -1.18. The summed E-state index contributed by atoms with van der Waals surface area (Å²) in [6.45, 7) is 8.09. The molecule has 0 unspecified atom stereocenters. The third kappa shape index (κ3) is 4.87. The van der Waals surface area contributed by atoms with Crippen LogP contribution in [0.25, 0.3) is 0 Å². The van der Waals surface area contributed by atoms with Crippen molar-refractivity contribution < 1.29 is 18.0 Å². The van der Waals surface area contributed by atoms with E-state index in [4.69, 9.17) is 0 Å². The summed E-state index contributed by atoms with van der Waals surface area (Å²) in [5.41, 5.74) is 0.227. The van der Waals surface area contributed by atoms with Gasteiger partial charge in [0.1, 0.15) is 0 Å². The fourth-order valence-corrected chi connectivity index (χ4v) is 4.15. The van der Waals surface area contributed by atoms with E-state index in [1.54, 1.807) is 0 Å². The second-order valence-electron chi connectivity index (χ2n) is 8.42. The van der Waals surface area contributed by atoms with Gasteiger partial charge in [0, 0.05) is 19.0 Å². The van der Waals surface area contributed by atoms with E-state index >= 15 is 0 Å². The number of nitrogens with zero attached hydrogens (tertiary/aromatic N) is 1. The Hall–Kier alpha value is -0.740. The summed E-state index contributed by atoms with van der Waals surface area (Å²) >= 11 is 0. The molecular weight excluding hydrogens is 303 g/mol. The van der Waals surface area contributed by atoms with Crippen LogP contribution in [0.4, 0.5) is 13.2 Å². The monoisotopic (exact) mass is 333 g/mol. The highest BCUT2D eigenvalue weighted by atomic mass is 19.4. The van der Waals surface area contributed by atoms with Gasteiger partial charge in [0.25, 0.3) is 0 Å². The van der Waals surface area contributed by atoms with Gasteiger partial charge in [-0.2, -0.15) is 13.2 Å². The molecule has 0 spiro atoms. The van der Waals surface area contributed by atoms with Crippen LogP contribution in [0.5, 0.6) is 0 Å². The third-order valence-electron chi connectivity index (χ3n) is 5.75. The molecule has 3 atom stereocenters. The Morgan fingerprint density at radius 3 is 2.17 bits per heavy atom. The largest absolute Gasteiger partial charge is 0.391 e. The van der Waals surface area contributed by atoms with Gasteiger partial charge >= 0.3 is 6.18 Å². The predicted molar refractivity (Wildman–Crippen MR) is 84.9 cm³/mol. The van der Waals surface area contributed by atoms with Crippen molar-refractivity contribution in [3.63, 3.8) is 0 Å². The number of halogens is 3. The molecule has 1 amide bonds. The number of carbonyl (C=O) groups is 1. The number of likely N-dealkylation sites (tertiary alicyclic amines) is 1. The molecule has 2 rings (SSSR count). The summed E-state index contributed by atoms with van der Waals surface area (Å²) in [6, 6.07) is 0. The minimum Gasteiger partial charge on any atom is -0.342 e. The lowest BCUT2D eigenvalue weighted by molar-refractivity contribution is -0.187. The van der Waals surface area contributed by atoms with Crippen LogP contribution in [0, 0.1) is 23.2 Å². The van der Waals surface area contributed by atoms with Gasteiger partial charge in [-0.05, 0) is 49.9 Å². The van der Waals surface area contributed by atoms with Crippen LogP contribution in [0.2, 0.25) is 0 Å². The molecule has 0 radical (unpaired) electrons. The van der Waals surface area contributed by atoms with Crippen LogP contribution in [0.15, 0.2) is 0 Å². The van der Waals surface area contributed by atoms with Gasteiger partial charge in [-0.15, -0.1) is 0 Å². The maximum absolute atomic E-state index is 12.9. The van der Waals surface area contributed by atoms with Crippen molar-refractivity contribution >= 4 is 5.91 Å². The van der Waals surface area contributed by atoms with Crippen LogP contribution in [0.1, 0.15) is 65.7 Å². The van der Waals surface area contributed by atoms with Crippen LogP contribution in [0.3, 0.4) is 0 Å². The first-order valence-corrected chi connectivity index (χ1v) is 8.94. The lowest BCUT2D eigenvalue weighted by atomic mass is 9.77. The third-order valence-corrected chi connectivity index (χ3v) is 5.75. The number of hydrogen-bond acceptors (Lipinski definition) is 1. The Morgan fingerprint density at radius 1 is 0.913 bits per heavy atom. The average molecular weight is 333 g/mol. The molecule has 1 saturated heterocycles. The van der Waals surface area contributed by atoms with E-state index in [1.165, 1.54) is 0 Å². The minimum absolute atomic E-state index is 0.0124. The molecule has 1 aliphatic carbocycles. The Balaban J connectivity index is 1.95. The normalized spacial score (nSPS) is 30.9. The van der Waals surface area contributed by atoms with Crippen LogP contribution in [-0.4, -0.2) is 30.1 Å². The van der Waals surface area contributed by atoms with Crippen LogP contribution >= 0.6 is 0 Å². The molecule has 2 fully saturated rings. The molecule has 0 aromatic rings. The summed E-state index contributed by atoms with van der Waals surface area (Å²) in [5, 5.41) is 0. The van der Waals surface area contributed by atoms with Gasteiger partial charge in [-0.3, -0.25) is 4.79 Å². The van der Waals surface area contributed by atoms with Gasteiger partial charge < -0.3 is 4.90 Å². The maximum Gasteiger partial charge on any atom is 0.391 e. The summed E-state index contributed by atoms with van der Waals surface area (Å²) in [4.78, 5) is 14.5. The van der Waals surface area contributed by atoms with E-state index in [2.05, 4.69) is 20.8 Å². The lowest BCUT2D eigenvalue weighted by Gasteiger charge is -2.33. The highest BCUT2D eigenvalue weighted by Crippen LogP contribution is 2.41. The fraction of sp³-hybridized carbons (Fsp3) is 0.944. The maximum atomic E-state index is 12.9. The second kappa shape index (κ2) is 7.02. The molecule has 2 aliphatic rings. The fourth-order valence-electron chi connectivity index (χ4n) is 4.15. The van der Waals surface area contributed by atoms with Crippen molar-refractivity contribution in [2.24, 2.45) is 23.2 Å². The van der Waals surface area contributed by atoms with E-state index in [9.17, 15) is 18.0 Å². The Morgan fingerprint density at radius 2 is 1.57 bits per heavy atom. The topological polar surface area (TPSA) is 20.3 Å². The van der Waals surface area contributed by atoms with E-state index < -0.39 is 18.0 Å². The standard InChI is InChI=1S/C18H30F3NO/c1-17(2,3)14-8-5-10-22(11-9-14)16(23)13-6-4-7-15(12-13)18(19,20)21/h13-15H,4-12H2,1-3H3/t13-,14-,15-/m1/s1. The van der Waals surface area contributed by atoms with Gasteiger partial charge in [0.05, 0.1) is 5.92 Å². The average Bonchev–Trinajstić information content (AvgIpc) is 2.71. The van der Waals surface area contributed by atoms with Crippen molar-refractivity contribution in [2.75, 3.05) is 13.1 Å². The Labute approximate surface area is 137 Å². The SMILES string of the molecule is CC(C)(C)[C@@H]1CCCN(C(=O)[C@@H]2CCC[C@@H](C(F)(F)F)C2)CC1. The van der Waals surface area contributed by atoms with Crippen molar-refractivity contribution in [2.45, 2.75) is 71.9 Å². The van der Waals surface area contributed by atoms with Crippen molar-refractivity contribution in [1.29, 1.82) is 0 Å². The van der Waals surface area contributed by atoms with Gasteiger partial charge in [0.2, 0.25) is 5.91 Å². The highest BCUT2D eigenvalue weighted by molar-refractivity contribution is 5.79. The minimum atomic E-state index is -4.16. The first-order chi connectivity index (χ1) is 10.6. The zero-order chi connectivity index (χ0) is 17.3. The molecule has 134 valence electrons. The number of amides is 1. The summed E-state index contributed by atoms with van der Waals surface area (Å²) in [7, 11) is 0. The molecule has 0 bridgehead atoms. The van der Waals surface area contributed by atoms with Crippen molar-refractivity contribution in [3.05, 3.63) is 0 Å². The van der Waals surface area contributed by atoms with E-state index in [0.29, 0.717) is 31.8 Å². The molecule has 0 aromatic carbocycles. The van der Waals surface area contributed by atoms with E-state index in [-0.39, 0.29) is 24.2 Å². The quantitative estimate of drug-likeness (QED) is 0.659. The Kier molecular flexibility index (Phi) is 5.68.